The number of thiazole rings is 1. The number of piperidine rings is 1. The zero-order valence-electron chi connectivity index (χ0n) is 15.6. The summed E-state index contributed by atoms with van der Waals surface area (Å²) in [6, 6.07) is 8.34. The maximum Gasteiger partial charge on any atom is 0.265 e. The van der Waals surface area contributed by atoms with Gasteiger partial charge in [0.1, 0.15) is 4.88 Å². The lowest BCUT2D eigenvalue weighted by Crippen LogP contribution is -2.39. The molecule has 0 N–H and O–H groups in total. The second-order valence-electron chi connectivity index (χ2n) is 7.02. The monoisotopic (exact) mass is 378 g/mol. The number of aryl methyl sites for hydroxylation is 2. The van der Waals surface area contributed by atoms with Crippen LogP contribution in [0.4, 0.5) is 0 Å². The average Bonchev–Trinajstić information content (AvgIpc) is 3.13. The summed E-state index contributed by atoms with van der Waals surface area (Å²) in [7, 11) is 0. The van der Waals surface area contributed by atoms with Crippen LogP contribution in [0.1, 0.15) is 45.4 Å². The lowest BCUT2D eigenvalue weighted by molar-refractivity contribution is 0.0710. The number of carbonyl (C=O) groups is 1. The number of hydrogen-bond acceptors (Lipinski definition) is 5. The van der Waals surface area contributed by atoms with Crippen molar-refractivity contribution in [2.75, 3.05) is 13.1 Å². The Labute approximate surface area is 163 Å². The number of amides is 1. The van der Waals surface area contributed by atoms with E-state index < -0.39 is 0 Å². The Morgan fingerprint density at radius 1 is 1.19 bits per heavy atom. The minimum atomic E-state index is 0.0840. The van der Waals surface area contributed by atoms with Gasteiger partial charge in [-0.1, -0.05) is 23.8 Å². The predicted molar refractivity (Wildman–Crippen MR) is 107 cm³/mol. The van der Waals surface area contributed by atoms with Crippen LogP contribution < -0.4 is 0 Å². The molecular formula is C21H22N4OS. The van der Waals surface area contributed by atoms with E-state index in [9.17, 15) is 4.79 Å². The maximum absolute atomic E-state index is 12.9. The Hall–Kier alpha value is -2.60. The average molecular weight is 379 g/mol. The van der Waals surface area contributed by atoms with Gasteiger partial charge in [-0.25, -0.2) is 4.98 Å². The van der Waals surface area contributed by atoms with Crippen molar-refractivity contribution in [1.29, 1.82) is 0 Å². The van der Waals surface area contributed by atoms with Crippen molar-refractivity contribution >= 4 is 17.2 Å². The first-order valence-electron chi connectivity index (χ1n) is 9.21. The fourth-order valence-corrected chi connectivity index (χ4v) is 4.47. The molecule has 6 heteroatoms. The quantitative estimate of drug-likeness (QED) is 0.684. The highest BCUT2D eigenvalue weighted by molar-refractivity contribution is 7.11. The fraction of sp³-hybridized carbons (Fsp3) is 0.333. The molecule has 4 rings (SSSR count). The van der Waals surface area contributed by atoms with Gasteiger partial charge in [0, 0.05) is 37.0 Å². The highest BCUT2D eigenvalue weighted by atomic mass is 32.1. The van der Waals surface area contributed by atoms with Crippen LogP contribution in [0.2, 0.25) is 0 Å². The molecule has 27 heavy (non-hydrogen) atoms. The SMILES string of the molecule is Cc1cccc(-c2nccnc2[C@H]2CCCN(C(=O)c3scnc3C)C2)c1. The number of aromatic nitrogens is 3. The van der Waals surface area contributed by atoms with Crippen molar-refractivity contribution in [2.24, 2.45) is 0 Å². The first kappa shape index (κ1) is 17.8. The third kappa shape index (κ3) is 3.62. The van der Waals surface area contributed by atoms with Gasteiger partial charge in [-0.05, 0) is 32.8 Å². The van der Waals surface area contributed by atoms with Gasteiger partial charge < -0.3 is 4.90 Å². The number of nitrogens with zero attached hydrogens (tertiary/aromatic N) is 4. The Morgan fingerprint density at radius 3 is 2.81 bits per heavy atom. The molecule has 1 aliphatic heterocycles. The number of likely N-dealkylation sites (tertiary alicyclic amines) is 1. The van der Waals surface area contributed by atoms with Crippen molar-refractivity contribution in [2.45, 2.75) is 32.6 Å². The summed E-state index contributed by atoms with van der Waals surface area (Å²) in [5.74, 6) is 0.279. The molecule has 1 fully saturated rings. The smallest absolute Gasteiger partial charge is 0.265 e. The molecule has 0 unspecified atom stereocenters. The molecule has 138 valence electrons. The number of hydrogen-bond donors (Lipinski definition) is 0. The predicted octanol–water partition coefficient (Wildman–Crippen LogP) is 4.24. The number of carbonyl (C=O) groups excluding carboxylic acids is 1. The lowest BCUT2D eigenvalue weighted by atomic mass is 9.91. The topological polar surface area (TPSA) is 59.0 Å². The second kappa shape index (κ2) is 7.56. The van der Waals surface area contributed by atoms with Gasteiger partial charge in [0.05, 0.1) is 22.6 Å². The van der Waals surface area contributed by atoms with Gasteiger partial charge in [0.2, 0.25) is 0 Å². The lowest BCUT2D eigenvalue weighted by Gasteiger charge is -2.33. The molecule has 0 bridgehead atoms. The standard InChI is InChI=1S/C21H22N4OS/c1-14-5-3-6-16(11-14)18-19(23-9-8-22-18)17-7-4-10-25(12-17)21(26)20-15(2)24-13-27-20/h3,5-6,8-9,11,13,17H,4,7,10,12H2,1-2H3/t17-/m0/s1. The van der Waals surface area contributed by atoms with E-state index in [1.165, 1.54) is 16.9 Å². The normalized spacial score (nSPS) is 17.1. The molecule has 1 aromatic carbocycles. The summed E-state index contributed by atoms with van der Waals surface area (Å²) in [5.41, 5.74) is 6.75. The molecule has 1 aliphatic rings. The van der Waals surface area contributed by atoms with Crippen molar-refractivity contribution in [3.8, 4) is 11.3 Å². The van der Waals surface area contributed by atoms with Crippen molar-refractivity contribution in [1.82, 2.24) is 19.9 Å². The third-order valence-electron chi connectivity index (χ3n) is 5.05. The van der Waals surface area contributed by atoms with Crippen molar-refractivity contribution in [3.63, 3.8) is 0 Å². The number of rotatable bonds is 3. The first-order chi connectivity index (χ1) is 13.1. The van der Waals surface area contributed by atoms with Gasteiger partial charge in [0.25, 0.3) is 5.91 Å². The zero-order valence-corrected chi connectivity index (χ0v) is 16.4. The summed E-state index contributed by atoms with van der Waals surface area (Å²) in [6.07, 6.45) is 5.48. The van der Waals surface area contributed by atoms with E-state index in [1.807, 2.05) is 17.9 Å². The Balaban J connectivity index is 1.63. The largest absolute Gasteiger partial charge is 0.337 e. The third-order valence-corrected chi connectivity index (χ3v) is 5.97. The van der Waals surface area contributed by atoms with E-state index in [1.54, 1.807) is 17.9 Å². The minimum Gasteiger partial charge on any atom is -0.337 e. The molecule has 5 nitrogen and oxygen atoms in total. The van der Waals surface area contributed by atoms with Gasteiger partial charge in [0.15, 0.2) is 0 Å². The summed E-state index contributed by atoms with van der Waals surface area (Å²) < 4.78 is 0. The van der Waals surface area contributed by atoms with Crippen LogP contribution in [0.15, 0.2) is 42.2 Å². The molecule has 2 aromatic heterocycles. The molecule has 1 saturated heterocycles. The highest BCUT2D eigenvalue weighted by Crippen LogP contribution is 2.33. The Morgan fingerprint density at radius 2 is 2.04 bits per heavy atom. The fourth-order valence-electron chi connectivity index (χ4n) is 3.70. The summed E-state index contributed by atoms with van der Waals surface area (Å²) >= 11 is 1.42. The van der Waals surface area contributed by atoms with Crippen molar-refractivity contribution in [3.05, 3.63) is 64.0 Å². The van der Waals surface area contributed by atoms with Gasteiger partial charge >= 0.3 is 0 Å². The Kier molecular flexibility index (Phi) is 4.99. The van der Waals surface area contributed by atoms with Crippen LogP contribution in [-0.2, 0) is 0 Å². The molecule has 1 atom stereocenters. The van der Waals surface area contributed by atoms with E-state index in [-0.39, 0.29) is 11.8 Å². The van der Waals surface area contributed by atoms with E-state index in [0.29, 0.717) is 6.54 Å². The molecule has 3 aromatic rings. The summed E-state index contributed by atoms with van der Waals surface area (Å²) in [5, 5.41) is 0. The van der Waals surface area contributed by atoms with Gasteiger partial charge in [-0.15, -0.1) is 11.3 Å². The van der Waals surface area contributed by atoms with E-state index >= 15 is 0 Å². The second-order valence-corrected chi connectivity index (χ2v) is 7.87. The number of benzene rings is 1. The molecular weight excluding hydrogens is 356 g/mol. The van der Waals surface area contributed by atoms with Gasteiger partial charge in [-0.3, -0.25) is 14.8 Å². The molecule has 1 amide bonds. The maximum atomic E-state index is 12.9. The molecule has 0 aliphatic carbocycles. The summed E-state index contributed by atoms with van der Waals surface area (Å²) in [6.45, 7) is 5.43. The van der Waals surface area contributed by atoms with Gasteiger partial charge in [-0.2, -0.15) is 0 Å². The molecule has 0 radical (unpaired) electrons. The Bertz CT molecular complexity index is 968. The molecule has 0 saturated carbocycles. The van der Waals surface area contributed by atoms with Crippen molar-refractivity contribution < 1.29 is 4.79 Å². The minimum absolute atomic E-state index is 0.0840. The van der Waals surface area contributed by atoms with E-state index in [2.05, 4.69) is 40.1 Å². The zero-order chi connectivity index (χ0) is 18.8. The van der Waals surface area contributed by atoms with Crippen LogP contribution in [0.3, 0.4) is 0 Å². The first-order valence-corrected chi connectivity index (χ1v) is 10.1. The van der Waals surface area contributed by atoms with Crippen LogP contribution in [-0.4, -0.2) is 38.8 Å². The van der Waals surface area contributed by atoms with Crippen LogP contribution >= 0.6 is 11.3 Å². The summed E-state index contributed by atoms with van der Waals surface area (Å²) in [4.78, 5) is 29.1. The van der Waals surface area contributed by atoms with Crippen LogP contribution in [0, 0.1) is 13.8 Å². The van der Waals surface area contributed by atoms with E-state index in [0.717, 1.165) is 46.9 Å². The van der Waals surface area contributed by atoms with Crippen LogP contribution in [0.25, 0.3) is 11.3 Å². The van der Waals surface area contributed by atoms with E-state index in [4.69, 9.17) is 0 Å². The van der Waals surface area contributed by atoms with Crippen LogP contribution in [0.5, 0.6) is 0 Å². The molecule has 0 spiro atoms. The molecule has 3 heterocycles. The highest BCUT2D eigenvalue weighted by Gasteiger charge is 2.29.